The normalized spacial score (nSPS) is 11.8. The van der Waals surface area contributed by atoms with E-state index in [1.165, 1.54) is 48.9 Å². The van der Waals surface area contributed by atoms with Gasteiger partial charge in [0, 0.05) is 38.2 Å². The Kier molecular flexibility index (Phi) is 5.87. The van der Waals surface area contributed by atoms with Crippen molar-refractivity contribution in [1.82, 2.24) is 14.1 Å². The molecule has 7 aromatic carbocycles. The van der Waals surface area contributed by atoms with E-state index in [1.807, 2.05) is 0 Å². The van der Waals surface area contributed by atoms with E-state index in [4.69, 9.17) is 4.98 Å². The minimum atomic E-state index is 0.903. The third kappa shape index (κ3) is 3.98. The van der Waals surface area contributed by atoms with Crippen LogP contribution in [0.25, 0.3) is 88.3 Å². The average Bonchev–Trinajstić information content (AvgIpc) is 3.69. The van der Waals surface area contributed by atoms with Crippen LogP contribution in [0.15, 0.2) is 176 Å². The van der Waals surface area contributed by atoms with Crippen molar-refractivity contribution >= 4 is 54.4 Å². The number of para-hydroxylation sites is 3. The van der Waals surface area contributed by atoms with Gasteiger partial charge < -0.3 is 4.57 Å². The van der Waals surface area contributed by atoms with Crippen molar-refractivity contribution < 1.29 is 0 Å². The zero-order chi connectivity index (χ0) is 31.6. The van der Waals surface area contributed by atoms with Crippen LogP contribution in [0.5, 0.6) is 0 Å². The monoisotopic (exact) mass is 611 g/mol. The van der Waals surface area contributed by atoms with Crippen molar-refractivity contribution in [2.24, 2.45) is 0 Å². The number of hydrogen-bond acceptors (Lipinski definition) is 1. The topological polar surface area (TPSA) is 22.8 Å². The summed E-state index contributed by atoms with van der Waals surface area (Å²) in [4.78, 5) is 5.34. The van der Waals surface area contributed by atoms with Gasteiger partial charge >= 0.3 is 0 Å². The quantitative estimate of drug-likeness (QED) is 0.194. The molecule has 3 nitrogen and oxygen atoms in total. The minimum Gasteiger partial charge on any atom is -0.309 e. The summed E-state index contributed by atoms with van der Waals surface area (Å²) in [7, 11) is 0. The van der Waals surface area contributed by atoms with Crippen molar-refractivity contribution in [2.45, 2.75) is 0 Å². The van der Waals surface area contributed by atoms with Gasteiger partial charge in [0.05, 0.1) is 27.8 Å². The first kappa shape index (κ1) is 26.7. The number of rotatable bonds is 4. The molecule has 0 aliphatic carbocycles. The molecule has 0 bridgehead atoms. The van der Waals surface area contributed by atoms with Crippen molar-refractivity contribution in [3.63, 3.8) is 0 Å². The van der Waals surface area contributed by atoms with Crippen LogP contribution in [0.1, 0.15) is 0 Å². The molecule has 0 unspecified atom stereocenters. The van der Waals surface area contributed by atoms with Crippen LogP contribution in [-0.2, 0) is 0 Å². The van der Waals surface area contributed by atoms with Gasteiger partial charge in [-0.1, -0.05) is 133 Å². The Morgan fingerprint density at radius 1 is 0.354 bits per heavy atom. The van der Waals surface area contributed by atoms with Gasteiger partial charge in [0.15, 0.2) is 0 Å². The van der Waals surface area contributed by atoms with Crippen LogP contribution >= 0.6 is 0 Å². The summed E-state index contributed by atoms with van der Waals surface area (Å²) in [6, 6.07) is 63.0. The second-order valence-electron chi connectivity index (χ2n) is 12.4. The largest absolute Gasteiger partial charge is 0.309 e. The second kappa shape index (κ2) is 10.5. The molecule has 10 rings (SSSR count). The Bertz CT molecular complexity index is 2750. The van der Waals surface area contributed by atoms with Gasteiger partial charge in [-0.25, -0.2) is 4.98 Å². The molecule has 0 saturated carbocycles. The molecule has 224 valence electrons. The van der Waals surface area contributed by atoms with E-state index in [0.717, 1.165) is 39.4 Å². The number of fused-ring (bicyclic) bond motifs is 9. The number of pyridine rings is 1. The van der Waals surface area contributed by atoms with Crippen LogP contribution in [0.2, 0.25) is 0 Å². The van der Waals surface area contributed by atoms with Crippen molar-refractivity contribution in [3.8, 4) is 33.9 Å². The lowest BCUT2D eigenvalue weighted by atomic mass is 10.0. The maximum atomic E-state index is 5.34. The van der Waals surface area contributed by atoms with Gasteiger partial charge in [0.2, 0.25) is 0 Å². The summed E-state index contributed by atoms with van der Waals surface area (Å²) in [6.45, 7) is 0. The molecular formula is C45H29N3. The summed E-state index contributed by atoms with van der Waals surface area (Å²) in [5.74, 6) is 0.903. The Morgan fingerprint density at radius 2 is 0.917 bits per heavy atom. The summed E-state index contributed by atoms with van der Waals surface area (Å²) < 4.78 is 4.77. The van der Waals surface area contributed by atoms with Gasteiger partial charge in [-0.15, -0.1) is 0 Å². The lowest BCUT2D eigenvalue weighted by molar-refractivity contribution is 1.08. The molecule has 0 saturated heterocycles. The van der Waals surface area contributed by atoms with E-state index >= 15 is 0 Å². The highest BCUT2D eigenvalue weighted by Gasteiger charge is 2.20. The van der Waals surface area contributed by atoms with Crippen LogP contribution < -0.4 is 0 Å². The fourth-order valence-corrected chi connectivity index (χ4v) is 7.61. The average molecular weight is 612 g/mol. The fraction of sp³-hybridized carbons (Fsp3) is 0. The van der Waals surface area contributed by atoms with Crippen LogP contribution in [0.4, 0.5) is 0 Å². The molecule has 0 aliphatic heterocycles. The van der Waals surface area contributed by atoms with Crippen molar-refractivity contribution in [3.05, 3.63) is 176 Å². The van der Waals surface area contributed by atoms with Gasteiger partial charge in [-0.05, 0) is 59.0 Å². The van der Waals surface area contributed by atoms with E-state index in [-0.39, 0.29) is 0 Å². The van der Waals surface area contributed by atoms with E-state index in [2.05, 4.69) is 185 Å². The van der Waals surface area contributed by atoms with Crippen molar-refractivity contribution in [2.75, 3.05) is 0 Å². The van der Waals surface area contributed by atoms with Crippen LogP contribution in [-0.4, -0.2) is 14.1 Å². The lowest BCUT2D eigenvalue weighted by Gasteiger charge is -2.13. The predicted octanol–water partition coefficient (Wildman–Crippen LogP) is 11.8. The first-order valence-corrected chi connectivity index (χ1v) is 16.4. The molecule has 3 aromatic heterocycles. The third-order valence-corrected chi connectivity index (χ3v) is 9.70. The predicted molar refractivity (Wildman–Crippen MR) is 201 cm³/mol. The Morgan fingerprint density at radius 3 is 1.67 bits per heavy atom. The van der Waals surface area contributed by atoms with E-state index in [1.54, 1.807) is 0 Å². The molecule has 0 aliphatic rings. The molecule has 0 spiro atoms. The molecule has 0 fully saturated rings. The van der Waals surface area contributed by atoms with E-state index < -0.39 is 0 Å². The molecule has 0 N–H and O–H groups in total. The van der Waals surface area contributed by atoms with Crippen LogP contribution in [0.3, 0.4) is 0 Å². The molecule has 0 amide bonds. The zero-order valence-corrected chi connectivity index (χ0v) is 26.1. The lowest BCUT2D eigenvalue weighted by Crippen LogP contribution is -2.00. The molecule has 0 radical (unpaired) electrons. The van der Waals surface area contributed by atoms with Gasteiger partial charge in [0.25, 0.3) is 0 Å². The minimum absolute atomic E-state index is 0.903. The maximum absolute atomic E-state index is 5.34. The molecule has 0 atom stereocenters. The molecule has 3 heteroatoms. The van der Waals surface area contributed by atoms with Gasteiger partial charge in [-0.3, -0.25) is 4.57 Å². The highest BCUT2D eigenvalue weighted by molar-refractivity contribution is 6.27. The Balaban J connectivity index is 1.32. The third-order valence-electron chi connectivity index (χ3n) is 9.70. The summed E-state index contributed by atoms with van der Waals surface area (Å²) in [5, 5.41) is 7.44. The Labute approximate surface area is 277 Å². The number of nitrogens with zero attached hydrogens (tertiary/aromatic N) is 3. The highest BCUT2D eigenvalue weighted by Crippen LogP contribution is 2.42. The smallest absolute Gasteiger partial charge is 0.138 e. The van der Waals surface area contributed by atoms with E-state index in [9.17, 15) is 0 Å². The summed E-state index contributed by atoms with van der Waals surface area (Å²) in [5.41, 5.74) is 10.2. The number of benzene rings is 7. The zero-order valence-electron chi connectivity index (χ0n) is 26.1. The fourth-order valence-electron chi connectivity index (χ4n) is 7.61. The molecule has 3 heterocycles. The van der Waals surface area contributed by atoms with Gasteiger partial charge in [-0.2, -0.15) is 0 Å². The molecule has 48 heavy (non-hydrogen) atoms. The SMILES string of the molecule is c1ccc(-c2cc(-c3ccccc3)nc(-n3c4ccccc4c4c5ccc6c7ccccc7n(-c7ccccc7)c6c5ccc43)c2)cc1. The second-order valence-corrected chi connectivity index (χ2v) is 12.4. The highest BCUT2D eigenvalue weighted by atomic mass is 15.1. The molecular weight excluding hydrogens is 583 g/mol. The van der Waals surface area contributed by atoms with Crippen molar-refractivity contribution in [1.29, 1.82) is 0 Å². The standard InChI is InChI=1S/C45H29N3/c1-4-14-30(15-5-1)32-28-39(31-16-6-2-7-17-31)46-43(29-32)48-41-23-13-11-21-38(41)44-35-24-25-36-34-20-10-12-22-40(34)47(33-18-8-3-9-19-33)45(36)37(35)26-27-42(44)48/h1-29H. The van der Waals surface area contributed by atoms with Gasteiger partial charge in [0.1, 0.15) is 5.82 Å². The summed E-state index contributed by atoms with van der Waals surface area (Å²) >= 11 is 0. The Hall–Kier alpha value is -6.45. The summed E-state index contributed by atoms with van der Waals surface area (Å²) in [6.07, 6.45) is 0. The maximum Gasteiger partial charge on any atom is 0.138 e. The van der Waals surface area contributed by atoms with Crippen LogP contribution in [0, 0.1) is 0 Å². The first-order chi connectivity index (χ1) is 23.8. The first-order valence-electron chi connectivity index (χ1n) is 16.4. The number of aromatic nitrogens is 3. The van der Waals surface area contributed by atoms with E-state index in [0.29, 0.717) is 0 Å². The number of hydrogen-bond donors (Lipinski definition) is 0. The molecule has 10 aromatic rings.